The summed E-state index contributed by atoms with van der Waals surface area (Å²) >= 11 is 5.65. The maximum absolute atomic E-state index is 11.9. The second kappa shape index (κ2) is 5.95. The van der Waals surface area contributed by atoms with Crippen molar-refractivity contribution in [3.8, 4) is 5.75 Å². The van der Waals surface area contributed by atoms with Gasteiger partial charge in [-0.05, 0) is 24.6 Å². The van der Waals surface area contributed by atoms with Crippen LogP contribution in [0.2, 0.25) is 5.02 Å². The summed E-state index contributed by atoms with van der Waals surface area (Å²) in [6.45, 7) is -0.222. The van der Waals surface area contributed by atoms with E-state index in [4.69, 9.17) is 21.4 Å². The quantitative estimate of drug-likeness (QED) is 0.837. The minimum atomic E-state index is -4.24. The van der Waals surface area contributed by atoms with Crippen molar-refractivity contribution in [2.45, 2.75) is 19.0 Å². The van der Waals surface area contributed by atoms with Gasteiger partial charge in [-0.1, -0.05) is 11.6 Å². The molecule has 0 radical (unpaired) electrons. The molecule has 0 saturated carbocycles. The first kappa shape index (κ1) is 14.6. The van der Waals surface area contributed by atoms with Crippen LogP contribution in [0, 0.1) is 0 Å². The second-order valence-corrected chi connectivity index (χ2v) is 3.95. The maximum Gasteiger partial charge on any atom is 0.389 e. The minimum Gasteiger partial charge on any atom is -0.493 e. The molecular formula is C11H10ClF3O3. The molecule has 0 aromatic heterocycles. The van der Waals surface area contributed by atoms with Gasteiger partial charge in [0.25, 0.3) is 0 Å². The summed E-state index contributed by atoms with van der Waals surface area (Å²) in [6.07, 6.45) is -5.46. The van der Waals surface area contributed by atoms with E-state index in [1.165, 1.54) is 18.2 Å². The lowest BCUT2D eigenvalue weighted by Gasteiger charge is -2.10. The standard InChI is InChI=1S/C11H10ClF3O3/c12-7-2-3-8(10(16)17)9(6-7)18-5-1-4-11(13,14)15/h2-3,6H,1,4-5H2,(H,16,17). The van der Waals surface area contributed by atoms with Crippen LogP contribution >= 0.6 is 11.6 Å². The van der Waals surface area contributed by atoms with E-state index in [-0.39, 0.29) is 29.4 Å². The first-order valence-electron chi connectivity index (χ1n) is 5.02. The molecule has 18 heavy (non-hydrogen) atoms. The molecule has 0 amide bonds. The first-order valence-corrected chi connectivity index (χ1v) is 5.40. The van der Waals surface area contributed by atoms with Crippen LogP contribution in [0.3, 0.4) is 0 Å². The van der Waals surface area contributed by atoms with E-state index in [0.717, 1.165) is 0 Å². The summed E-state index contributed by atoms with van der Waals surface area (Å²) in [4.78, 5) is 10.8. The van der Waals surface area contributed by atoms with E-state index < -0.39 is 18.6 Å². The number of hydrogen-bond acceptors (Lipinski definition) is 2. The molecule has 1 aromatic carbocycles. The van der Waals surface area contributed by atoms with Gasteiger partial charge in [-0.3, -0.25) is 0 Å². The van der Waals surface area contributed by atoms with Crippen LogP contribution in [0.25, 0.3) is 0 Å². The largest absolute Gasteiger partial charge is 0.493 e. The van der Waals surface area contributed by atoms with Crippen LogP contribution < -0.4 is 4.74 Å². The number of rotatable bonds is 5. The number of carbonyl (C=O) groups is 1. The Balaban J connectivity index is 2.61. The van der Waals surface area contributed by atoms with Crippen LogP contribution in [0.15, 0.2) is 18.2 Å². The molecular weight excluding hydrogens is 273 g/mol. The van der Waals surface area contributed by atoms with Gasteiger partial charge in [0.05, 0.1) is 6.61 Å². The lowest BCUT2D eigenvalue weighted by Crippen LogP contribution is -2.10. The number of ether oxygens (including phenoxy) is 1. The number of carboxylic acids is 1. The van der Waals surface area contributed by atoms with E-state index in [1.54, 1.807) is 0 Å². The molecule has 0 bridgehead atoms. The maximum atomic E-state index is 11.9. The zero-order chi connectivity index (χ0) is 13.8. The third-order valence-electron chi connectivity index (χ3n) is 2.04. The predicted molar refractivity (Wildman–Crippen MR) is 59.2 cm³/mol. The van der Waals surface area contributed by atoms with Crippen LogP contribution in [0.1, 0.15) is 23.2 Å². The van der Waals surface area contributed by atoms with Crippen LogP contribution in [-0.2, 0) is 0 Å². The monoisotopic (exact) mass is 282 g/mol. The average molecular weight is 283 g/mol. The molecule has 3 nitrogen and oxygen atoms in total. The lowest BCUT2D eigenvalue weighted by molar-refractivity contribution is -0.136. The fourth-order valence-electron chi connectivity index (χ4n) is 1.25. The van der Waals surface area contributed by atoms with Gasteiger partial charge >= 0.3 is 12.1 Å². The number of halogens is 4. The smallest absolute Gasteiger partial charge is 0.389 e. The highest BCUT2D eigenvalue weighted by atomic mass is 35.5. The van der Waals surface area contributed by atoms with Crippen molar-refractivity contribution in [3.63, 3.8) is 0 Å². The summed E-state index contributed by atoms with van der Waals surface area (Å²) in [6, 6.07) is 3.87. The second-order valence-electron chi connectivity index (χ2n) is 3.51. The zero-order valence-electron chi connectivity index (χ0n) is 9.13. The number of benzene rings is 1. The minimum absolute atomic E-state index is 0.0304. The fourth-order valence-corrected chi connectivity index (χ4v) is 1.41. The summed E-state index contributed by atoms with van der Waals surface area (Å²) in [7, 11) is 0. The molecule has 0 heterocycles. The fraction of sp³-hybridized carbons (Fsp3) is 0.364. The molecule has 0 saturated heterocycles. The molecule has 1 aromatic rings. The molecule has 0 unspecified atom stereocenters. The Kier molecular flexibility index (Phi) is 4.84. The Morgan fingerprint density at radius 3 is 2.61 bits per heavy atom. The van der Waals surface area contributed by atoms with Crippen LogP contribution in [0.4, 0.5) is 13.2 Å². The van der Waals surface area contributed by atoms with Crippen molar-refractivity contribution in [2.24, 2.45) is 0 Å². The number of alkyl halides is 3. The highest BCUT2D eigenvalue weighted by Crippen LogP contribution is 2.25. The third-order valence-corrected chi connectivity index (χ3v) is 2.27. The molecule has 7 heteroatoms. The van der Waals surface area contributed by atoms with Crippen LogP contribution in [0.5, 0.6) is 5.75 Å². The molecule has 1 rings (SSSR count). The van der Waals surface area contributed by atoms with Gasteiger partial charge in [0.1, 0.15) is 11.3 Å². The first-order chi connectivity index (χ1) is 8.29. The van der Waals surface area contributed by atoms with Gasteiger partial charge in [0.2, 0.25) is 0 Å². The number of carboxylic acid groups (broad SMARTS) is 1. The third kappa shape index (κ3) is 4.83. The Hall–Kier alpha value is -1.43. The summed E-state index contributed by atoms with van der Waals surface area (Å²) in [5.74, 6) is -1.25. The Morgan fingerprint density at radius 1 is 1.39 bits per heavy atom. The summed E-state index contributed by atoms with van der Waals surface area (Å²) in [5.41, 5.74) is -0.133. The SMILES string of the molecule is O=C(O)c1ccc(Cl)cc1OCCCC(F)(F)F. The van der Waals surface area contributed by atoms with Gasteiger partial charge in [0.15, 0.2) is 0 Å². The lowest BCUT2D eigenvalue weighted by atomic mass is 10.2. The number of aromatic carboxylic acids is 1. The van der Waals surface area contributed by atoms with Crippen molar-refractivity contribution in [3.05, 3.63) is 28.8 Å². The van der Waals surface area contributed by atoms with Crippen molar-refractivity contribution >= 4 is 17.6 Å². The van der Waals surface area contributed by atoms with Gasteiger partial charge in [-0.15, -0.1) is 0 Å². The average Bonchev–Trinajstić information content (AvgIpc) is 2.22. The highest BCUT2D eigenvalue weighted by Gasteiger charge is 2.26. The van der Waals surface area contributed by atoms with Crippen molar-refractivity contribution in [1.29, 1.82) is 0 Å². The van der Waals surface area contributed by atoms with E-state index in [9.17, 15) is 18.0 Å². The van der Waals surface area contributed by atoms with Crippen molar-refractivity contribution in [2.75, 3.05) is 6.61 Å². The molecule has 0 aliphatic carbocycles. The molecule has 0 spiro atoms. The predicted octanol–water partition coefficient (Wildman–Crippen LogP) is 3.76. The van der Waals surface area contributed by atoms with Crippen LogP contribution in [-0.4, -0.2) is 23.9 Å². The summed E-state index contributed by atoms with van der Waals surface area (Å²) < 4.78 is 40.7. The zero-order valence-corrected chi connectivity index (χ0v) is 9.88. The van der Waals surface area contributed by atoms with Crippen molar-refractivity contribution < 1.29 is 27.8 Å². The van der Waals surface area contributed by atoms with Crippen molar-refractivity contribution in [1.82, 2.24) is 0 Å². The normalized spacial score (nSPS) is 11.3. The molecule has 0 fully saturated rings. The van der Waals surface area contributed by atoms with E-state index >= 15 is 0 Å². The van der Waals surface area contributed by atoms with Gasteiger partial charge in [-0.2, -0.15) is 13.2 Å². The summed E-state index contributed by atoms with van der Waals surface area (Å²) in [5, 5.41) is 9.09. The molecule has 0 atom stereocenters. The molecule has 0 aliphatic rings. The highest BCUT2D eigenvalue weighted by molar-refractivity contribution is 6.30. The Morgan fingerprint density at radius 2 is 2.06 bits per heavy atom. The Labute approximate surface area is 106 Å². The topological polar surface area (TPSA) is 46.5 Å². The van der Waals surface area contributed by atoms with Gasteiger partial charge < -0.3 is 9.84 Å². The van der Waals surface area contributed by atoms with E-state index in [0.29, 0.717) is 0 Å². The molecule has 100 valence electrons. The molecule has 0 aliphatic heterocycles. The van der Waals surface area contributed by atoms with E-state index in [2.05, 4.69) is 0 Å². The van der Waals surface area contributed by atoms with E-state index in [1.807, 2.05) is 0 Å². The molecule has 1 N–H and O–H groups in total. The number of hydrogen-bond donors (Lipinski definition) is 1. The van der Waals surface area contributed by atoms with Gasteiger partial charge in [-0.25, -0.2) is 4.79 Å². The Bertz CT molecular complexity index is 432. The van der Waals surface area contributed by atoms with Gasteiger partial charge in [0, 0.05) is 11.4 Å².